The lowest BCUT2D eigenvalue weighted by atomic mass is 9.90. The van der Waals surface area contributed by atoms with E-state index in [2.05, 4.69) is 0 Å². The fourth-order valence-electron chi connectivity index (χ4n) is 1.24. The van der Waals surface area contributed by atoms with Crippen molar-refractivity contribution in [3.05, 3.63) is 0 Å². The summed E-state index contributed by atoms with van der Waals surface area (Å²) in [4.78, 5) is 11.8. The van der Waals surface area contributed by atoms with Gasteiger partial charge < -0.3 is 9.47 Å². The molecule has 0 saturated carbocycles. The van der Waals surface area contributed by atoms with Crippen molar-refractivity contribution in [3.63, 3.8) is 0 Å². The molecule has 0 amide bonds. The van der Waals surface area contributed by atoms with Crippen molar-refractivity contribution in [1.29, 1.82) is 0 Å². The Hall–Kier alpha value is -0.570. The smallest absolute Gasteiger partial charge is 0.312 e. The van der Waals surface area contributed by atoms with E-state index in [4.69, 9.17) is 9.47 Å². The summed E-state index contributed by atoms with van der Waals surface area (Å²) in [6.45, 7) is 8.97. The van der Waals surface area contributed by atoms with E-state index >= 15 is 0 Å². The molecule has 0 spiro atoms. The second-order valence-electron chi connectivity index (χ2n) is 4.88. The average molecular weight is 200 g/mol. The number of carbonyl (C=O) groups is 1. The van der Waals surface area contributed by atoms with Gasteiger partial charge in [-0.1, -0.05) is 6.92 Å². The number of esters is 1. The molecule has 14 heavy (non-hydrogen) atoms. The first kappa shape index (κ1) is 11.5. The zero-order valence-electron chi connectivity index (χ0n) is 9.55. The predicted molar refractivity (Wildman–Crippen MR) is 54.0 cm³/mol. The molecule has 1 saturated heterocycles. The van der Waals surface area contributed by atoms with Gasteiger partial charge in [0.25, 0.3) is 0 Å². The summed E-state index contributed by atoms with van der Waals surface area (Å²) in [5.74, 6) is -0.118. The standard InChI is InChI=1S/C11H20O3/c1-5-10(2,3)9(12)14-11(4)6-7-13-8-11/h5-8H2,1-4H3. The first-order valence-corrected chi connectivity index (χ1v) is 5.21. The second kappa shape index (κ2) is 3.89. The van der Waals surface area contributed by atoms with Gasteiger partial charge in [0.2, 0.25) is 0 Å². The van der Waals surface area contributed by atoms with Crippen LogP contribution in [0.5, 0.6) is 0 Å². The van der Waals surface area contributed by atoms with Crippen molar-refractivity contribution in [2.45, 2.75) is 46.1 Å². The fourth-order valence-corrected chi connectivity index (χ4v) is 1.24. The van der Waals surface area contributed by atoms with E-state index in [1.807, 2.05) is 27.7 Å². The van der Waals surface area contributed by atoms with Crippen molar-refractivity contribution in [2.24, 2.45) is 5.41 Å². The van der Waals surface area contributed by atoms with Gasteiger partial charge in [-0.05, 0) is 27.2 Å². The average Bonchev–Trinajstić information content (AvgIpc) is 2.52. The molecule has 0 radical (unpaired) electrons. The molecule has 3 nitrogen and oxygen atoms in total. The third-order valence-electron chi connectivity index (χ3n) is 2.96. The Balaban J connectivity index is 2.55. The molecule has 1 aliphatic rings. The van der Waals surface area contributed by atoms with Gasteiger partial charge in [-0.3, -0.25) is 4.79 Å². The van der Waals surface area contributed by atoms with Crippen LogP contribution in [-0.4, -0.2) is 24.8 Å². The Morgan fingerprint density at radius 2 is 2.21 bits per heavy atom. The van der Waals surface area contributed by atoms with E-state index in [-0.39, 0.29) is 11.4 Å². The third-order valence-corrected chi connectivity index (χ3v) is 2.96. The van der Waals surface area contributed by atoms with E-state index in [1.54, 1.807) is 0 Å². The second-order valence-corrected chi connectivity index (χ2v) is 4.88. The first-order chi connectivity index (χ1) is 6.40. The van der Waals surface area contributed by atoms with Crippen molar-refractivity contribution in [1.82, 2.24) is 0 Å². The Labute approximate surface area is 85.8 Å². The Morgan fingerprint density at radius 1 is 1.57 bits per heavy atom. The van der Waals surface area contributed by atoms with Crippen LogP contribution in [0, 0.1) is 5.41 Å². The van der Waals surface area contributed by atoms with Crippen LogP contribution >= 0.6 is 0 Å². The van der Waals surface area contributed by atoms with Crippen LogP contribution < -0.4 is 0 Å². The predicted octanol–water partition coefficient (Wildman–Crippen LogP) is 2.14. The summed E-state index contributed by atoms with van der Waals surface area (Å²) in [6, 6.07) is 0. The van der Waals surface area contributed by atoms with Gasteiger partial charge in [-0.2, -0.15) is 0 Å². The van der Waals surface area contributed by atoms with Gasteiger partial charge in [0.1, 0.15) is 5.60 Å². The quantitative estimate of drug-likeness (QED) is 0.655. The molecule has 1 heterocycles. The minimum atomic E-state index is -0.399. The molecule has 82 valence electrons. The van der Waals surface area contributed by atoms with E-state index in [9.17, 15) is 4.79 Å². The summed E-state index contributed by atoms with van der Waals surface area (Å²) >= 11 is 0. The van der Waals surface area contributed by atoms with Gasteiger partial charge in [-0.15, -0.1) is 0 Å². The Kier molecular flexibility index (Phi) is 3.20. The molecular weight excluding hydrogens is 180 g/mol. The zero-order valence-corrected chi connectivity index (χ0v) is 9.55. The molecule has 0 aromatic rings. The number of hydrogen-bond acceptors (Lipinski definition) is 3. The minimum Gasteiger partial charge on any atom is -0.456 e. The minimum absolute atomic E-state index is 0.118. The van der Waals surface area contributed by atoms with Gasteiger partial charge >= 0.3 is 5.97 Å². The van der Waals surface area contributed by atoms with Crippen molar-refractivity contribution < 1.29 is 14.3 Å². The maximum Gasteiger partial charge on any atom is 0.312 e. The molecule has 3 heteroatoms. The summed E-state index contributed by atoms with van der Waals surface area (Å²) in [5, 5.41) is 0. The highest BCUT2D eigenvalue weighted by Gasteiger charge is 2.38. The lowest BCUT2D eigenvalue weighted by Crippen LogP contribution is -2.37. The highest BCUT2D eigenvalue weighted by molar-refractivity contribution is 5.76. The lowest BCUT2D eigenvalue weighted by Gasteiger charge is -2.28. The molecule has 1 aliphatic heterocycles. The van der Waals surface area contributed by atoms with Crippen molar-refractivity contribution in [2.75, 3.05) is 13.2 Å². The fraction of sp³-hybridized carbons (Fsp3) is 0.909. The van der Waals surface area contributed by atoms with Gasteiger partial charge in [-0.25, -0.2) is 0 Å². The van der Waals surface area contributed by atoms with Gasteiger partial charge in [0.05, 0.1) is 18.6 Å². The largest absolute Gasteiger partial charge is 0.456 e. The summed E-state index contributed by atoms with van der Waals surface area (Å²) in [7, 11) is 0. The molecule has 0 bridgehead atoms. The van der Waals surface area contributed by atoms with Crippen LogP contribution in [-0.2, 0) is 14.3 Å². The van der Waals surface area contributed by atoms with E-state index in [0.717, 1.165) is 12.8 Å². The maximum absolute atomic E-state index is 11.8. The molecule has 0 N–H and O–H groups in total. The third kappa shape index (κ3) is 2.47. The van der Waals surface area contributed by atoms with Crippen LogP contribution in [0.2, 0.25) is 0 Å². The normalized spacial score (nSPS) is 27.7. The van der Waals surface area contributed by atoms with Crippen LogP contribution in [0.1, 0.15) is 40.5 Å². The van der Waals surface area contributed by atoms with Crippen molar-refractivity contribution in [3.8, 4) is 0 Å². The van der Waals surface area contributed by atoms with Crippen molar-refractivity contribution >= 4 is 5.97 Å². The van der Waals surface area contributed by atoms with Crippen LogP contribution in [0.4, 0.5) is 0 Å². The Morgan fingerprint density at radius 3 is 2.64 bits per heavy atom. The number of carbonyl (C=O) groups excluding carboxylic acids is 1. The summed E-state index contributed by atoms with van der Waals surface area (Å²) in [6.07, 6.45) is 1.60. The number of rotatable bonds is 3. The van der Waals surface area contributed by atoms with Crippen LogP contribution in [0.25, 0.3) is 0 Å². The number of hydrogen-bond donors (Lipinski definition) is 0. The Bertz CT molecular complexity index is 215. The topological polar surface area (TPSA) is 35.5 Å². The summed E-state index contributed by atoms with van der Waals surface area (Å²) in [5.41, 5.74) is -0.783. The van der Waals surface area contributed by atoms with E-state index in [0.29, 0.717) is 13.2 Å². The van der Waals surface area contributed by atoms with Crippen LogP contribution in [0.3, 0.4) is 0 Å². The zero-order chi connectivity index (χ0) is 10.8. The first-order valence-electron chi connectivity index (χ1n) is 5.21. The molecule has 0 aliphatic carbocycles. The van der Waals surface area contributed by atoms with Gasteiger partial charge in [0, 0.05) is 6.42 Å². The highest BCUT2D eigenvalue weighted by atomic mass is 16.6. The molecule has 1 fully saturated rings. The number of ether oxygens (including phenoxy) is 2. The lowest BCUT2D eigenvalue weighted by molar-refractivity contribution is -0.168. The van der Waals surface area contributed by atoms with Gasteiger partial charge in [0.15, 0.2) is 0 Å². The molecule has 1 rings (SSSR count). The molecule has 0 aromatic heterocycles. The summed E-state index contributed by atoms with van der Waals surface area (Å²) < 4.78 is 10.7. The maximum atomic E-state index is 11.8. The molecular formula is C11H20O3. The van der Waals surface area contributed by atoms with Crippen LogP contribution in [0.15, 0.2) is 0 Å². The molecule has 1 atom stereocenters. The van der Waals surface area contributed by atoms with E-state index < -0.39 is 5.60 Å². The molecule has 1 unspecified atom stereocenters. The molecule has 0 aromatic carbocycles. The van der Waals surface area contributed by atoms with E-state index in [1.165, 1.54) is 0 Å². The SMILES string of the molecule is CCC(C)(C)C(=O)OC1(C)CCOC1. The monoisotopic (exact) mass is 200 g/mol. The highest BCUT2D eigenvalue weighted by Crippen LogP contribution is 2.28.